The van der Waals surface area contributed by atoms with E-state index in [0.29, 0.717) is 5.76 Å². The third-order valence-electron chi connectivity index (χ3n) is 3.49. The summed E-state index contributed by atoms with van der Waals surface area (Å²) >= 11 is 5.98. The van der Waals surface area contributed by atoms with Crippen LogP contribution in [0, 0.1) is 0 Å². The van der Waals surface area contributed by atoms with Gasteiger partial charge in [-0.3, -0.25) is 4.79 Å². The number of carbonyl (C=O) groups is 2. The monoisotopic (exact) mass is 400 g/mol. The van der Waals surface area contributed by atoms with Crippen molar-refractivity contribution in [1.82, 2.24) is 0 Å². The molecule has 8 nitrogen and oxygen atoms in total. The van der Waals surface area contributed by atoms with Gasteiger partial charge in [-0.05, 0) is 38.1 Å². The van der Waals surface area contributed by atoms with Crippen molar-refractivity contribution < 1.29 is 27.2 Å². The van der Waals surface area contributed by atoms with Crippen molar-refractivity contribution in [2.45, 2.75) is 31.4 Å². The van der Waals surface area contributed by atoms with Gasteiger partial charge in [0.15, 0.2) is 11.9 Å². The predicted octanol–water partition coefficient (Wildman–Crippen LogP) is 2.33. The second-order valence-corrected chi connectivity index (χ2v) is 7.40. The topological polar surface area (TPSA) is 129 Å². The SMILES string of the molecule is CC(=O)C(C)OC(=O)c1cc(S(N)(=O)=O)c(Cl)cc1NCc1ccco1. The van der Waals surface area contributed by atoms with Crippen LogP contribution in [0.3, 0.4) is 0 Å². The average molecular weight is 401 g/mol. The van der Waals surface area contributed by atoms with Gasteiger partial charge in [-0.2, -0.15) is 0 Å². The molecule has 0 aliphatic heterocycles. The van der Waals surface area contributed by atoms with E-state index in [1.165, 1.54) is 26.2 Å². The van der Waals surface area contributed by atoms with E-state index in [9.17, 15) is 18.0 Å². The number of esters is 1. The Morgan fingerprint density at radius 2 is 2.08 bits per heavy atom. The molecule has 0 amide bonds. The third-order valence-corrected chi connectivity index (χ3v) is 4.86. The van der Waals surface area contributed by atoms with E-state index >= 15 is 0 Å². The van der Waals surface area contributed by atoms with Crippen LogP contribution in [-0.4, -0.2) is 26.3 Å². The summed E-state index contributed by atoms with van der Waals surface area (Å²) in [4.78, 5) is 23.3. The predicted molar refractivity (Wildman–Crippen MR) is 94.4 cm³/mol. The van der Waals surface area contributed by atoms with Crippen LogP contribution in [0.15, 0.2) is 39.8 Å². The number of rotatable bonds is 7. The first-order chi connectivity index (χ1) is 12.1. The van der Waals surface area contributed by atoms with Crippen LogP contribution in [0.4, 0.5) is 5.69 Å². The van der Waals surface area contributed by atoms with E-state index in [1.54, 1.807) is 12.1 Å². The number of halogens is 1. The van der Waals surface area contributed by atoms with E-state index in [1.807, 2.05) is 0 Å². The maximum Gasteiger partial charge on any atom is 0.340 e. The Hall–Kier alpha value is -2.36. The summed E-state index contributed by atoms with van der Waals surface area (Å²) in [5, 5.41) is 7.88. The van der Waals surface area contributed by atoms with Crippen molar-refractivity contribution in [1.29, 1.82) is 0 Å². The van der Waals surface area contributed by atoms with Crippen molar-refractivity contribution in [3.63, 3.8) is 0 Å². The van der Waals surface area contributed by atoms with E-state index in [0.717, 1.165) is 6.07 Å². The van der Waals surface area contributed by atoms with Crippen LogP contribution in [0.1, 0.15) is 30.0 Å². The highest BCUT2D eigenvalue weighted by Crippen LogP contribution is 2.29. The lowest BCUT2D eigenvalue weighted by Crippen LogP contribution is -2.23. The first kappa shape index (κ1) is 20.0. The summed E-state index contributed by atoms with van der Waals surface area (Å²) in [6, 6.07) is 5.66. The van der Waals surface area contributed by atoms with Crippen molar-refractivity contribution in [2.24, 2.45) is 5.14 Å². The Balaban J connectivity index is 2.42. The number of hydrogen-bond donors (Lipinski definition) is 2. The fourth-order valence-electron chi connectivity index (χ4n) is 1.99. The van der Waals surface area contributed by atoms with E-state index in [4.69, 9.17) is 25.9 Å². The molecule has 1 heterocycles. The fourth-order valence-corrected chi connectivity index (χ4v) is 3.09. The number of hydrogen-bond acceptors (Lipinski definition) is 7. The van der Waals surface area contributed by atoms with Crippen LogP contribution in [-0.2, 0) is 26.1 Å². The first-order valence-corrected chi connectivity index (χ1v) is 9.36. The van der Waals surface area contributed by atoms with Gasteiger partial charge < -0.3 is 14.5 Å². The maximum absolute atomic E-state index is 12.4. The van der Waals surface area contributed by atoms with Gasteiger partial charge in [0.2, 0.25) is 10.0 Å². The second-order valence-electron chi connectivity index (χ2n) is 5.46. The highest BCUT2D eigenvalue weighted by Gasteiger charge is 2.23. The minimum atomic E-state index is -4.16. The summed E-state index contributed by atoms with van der Waals surface area (Å²) in [7, 11) is -4.16. The third kappa shape index (κ3) is 4.84. The molecule has 1 aromatic heterocycles. The number of ketones is 1. The largest absolute Gasteiger partial charge is 0.467 e. The van der Waals surface area contributed by atoms with Gasteiger partial charge >= 0.3 is 5.97 Å². The molecule has 26 heavy (non-hydrogen) atoms. The number of benzene rings is 1. The normalized spacial score (nSPS) is 12.5. The van der Waals surface area contributed by atoms with Crippen molar-refractivity contribution >= 4 is 39.1 Å². The number of furan rings is 1. The maximum atomic E-state index is 12.4. The molecular formula is C16H17ClN2O6S. The molecule has 0 radical (unpaired) electrons. The Morgan fingerprint density at radius 1 is 1.38 bits per heavy atom. The number of anilines is 1. The smallest absolute Gasteiger partial charge is 0.340 e. The number of primary sulfonamides is 1. The molecule has 1 atom stereocenters. The molecule has 0 saturated heterocycles. The molecule has 1 unspecified atom stereocenters. The molecule has 0 spiro atoms. The molecule has 10 heteroatoms. The second kappa shape index (κ2) is 7.90. The summed E-state index contributed by atoms with van der Waals surface area (Å²) in [5.41, 5.74) is 0.0811. The number of nitrogens with one attached hydrogen (secondary N) is 1. The average Bonchev–Trinajstić information content (AvgIpc) is 3.04. The fraction of sp³-hybridized carbons (Fsp3) is 0.250. The summed E-state index contributed by atoms with van der Waals surface area (Å²) in [6.45, 7) is 2.89. The molecule has 3 N–H and O–H groups in total. The molecule has 2 rings (SSSR count). The van der Waals surface area contributed by atoms with Crippen LogP contribution >= 0.6 is 11.6 Å². The molecule has 0 aliphatic carbocycles. The van der Waals surface area contributed by atoms with E-state index in [-0.39, 0.29) is 28.6 Å². The highest BCUT2D eigenvalue weighted by molar-refractivity contribution is 7.89. The molecule has 0 saturated carbocycles. The van der Waals surface area contributed by atoms with Gasteiger partial charge in [0.05, 0.1) is 29.1 Å². The zero-order chi connectivity index (χ0) is 19.5. The van der Waals surface area contributed by atoms with E-state index in [2.05, 4.69) is 5.32 Å². The summed E-state index contributed by atoms with van der Waals surface area (Å²) in [6.07, 6.45) is 0.492. The summed E-state index contributed by atoms with van der Waals surface area (Å²) < 4.78 is 33.6. The Morgan fingerprint density at radius 3 is 2.62 bits per heavy atom. The van der Waals surface area contributed by atoms with Gasteiger partial charge in [0.1, 0.15) is 10.7 Å². The molecule has 0 bridgehead atoms. The van der Waals surface area contributed by atoms with Gasteiger partial charge in [-0.15, -0.1) is 0 Å². The summed E-state index contributed by atoms with van der Waals surface area (Å²) in [5.74, 6) is -0.673. The van der Waals surface area contributed by atoms with Gasteiger partial charge in [0.25, 0.3) is 0 Å². The first-order valence-electron chi connectivity index (χ1n) is 7.43. The zero-order valence-corrected chi connectivity index (χ0v) is 15.6. The number of carbonyl (C=O) groups excluding carboxylic acids is 2. The molecule has 1 aromatic carbocycles. The van der Waals surface area contributed by atoms with Crippen LogP contribution < -0.4 is 10.5 Å². The van der Waals surface area contributed by atoms with Crippen molar-refractivity contribution in [2.75, 3.05) is 5.32 Å². The molecule has 140 valence electrons. The Kier molecular flexibility index (Phi) is 6.06. The van der Waals surface area contributed by atoms with Crippen LogP contribution in [0.2, 0.25) is 5.02 Å². The lowest BCUT2D eigenvalue weighted by atomic mass is 10.1. The van der Waals surface area contributed by atoms with E-state index < -0.39 is 27.0 Å². The standard InChI is InChI=1S/C16H17ClN2O6S/c1-9(20)10(2)25-16(21)12-6-15(26(18,22)23)13(17)7-14(12)19-8-11-4-3-5-24-11/h3-7,10,19H,8H2,1-2H3,(H2,18,22,23). The molecule has 0 aliphatic rings. The van der Waals surface area contributed by atoms with Crippen molar-refractivity contribution in [3.8, 4) is 0 Å². The zero-order valence-electron chi connectivity index (χ0n) is 14.0. The highest BCUT2D eigenvalue weighted by atomic mass is 35.5. The van der Waals surface area contributed by atoms with Crippen molar-refractivity contribution in [3.05, 3.63) is 46.9 Å². The number of Topliss-reactive ketones (excluding diaryl/α,β-unsaturated/α-hetero) is 1. The molecular weight excluding hydrogens is 384 g/mol. The minimum absolute atomic E-state index is 0.127. The Bertz CT molecular complexity index is 924. The number of nitrogens with two attached hydrogens (primary N) is 1. The van der Waals surface area contributed by atoms with Gasteiger partial charge in [-0.25, -0.2) is 18.4 Å². The van der Waals surface area contributed by atoms with Gasteiger partial charge in [-0.1, -0.05) is 11.6 Å². The quantitative estimate of drug-likeness (QED) is 0.682. The lowest BCUT2D eigenvalue weighted by molar-refractivity contribution is -0.124. The lowest BCUT2D eigenvalue weighted by Gasteiger charge is -2.15. The number of ether oxygens (including phenoxy) is 1. The van der Waals surface area contributed by atoms with Gasteiger partial charge in [0, 0.05) is 0 Å². The molecule has 0 fully saturated rings. The Labute approximate surface area is 155 Å². The molecule has 2 aromatic rings. The number of sulfonamides is 1. The van der Waals surface area contributed by atoms with Crippen LogP contribution in [0.25, 0.3) is 0 Å². The minimum Gasteiger partial charge on any atom is -0.467 e. The van der Waals surface area contributed by atoms with Crippen LogP contribution in [0.5, 0.6) is 0 Å².